The van der Waals surface area contributed by atoms with E-state index in [0.717, 1.165) is 66.5 Å². The van der Waals surface area contributed by atoms with Crippen molar-refractivity contribution in [3.63, 3.8) is 0 Å². The topological polar surface area (TPSA) is 110 Å². The molecule has 2 saturated carbocycles. The lowest BCUT2D eigenvalue weighted by molar-refractivity contribution is 0.0977. The van der Waals surface area contributed by atoms with Gasteiger partial charge in [0, 0.05) is 31.8 Å². The molecule has 0 bridgehead atoms. The van der Waals surface area contributed by atoms with Crippen LogP contribution >= 0.6 is 0 Å². The van der Waals surface area contributed by atoms with Gasteiger partial charge in [-0.25, -0.2) is 27.8 Å². The number of sulfonamides is 1. The summed E-state index contributed by atoms with van der Waals surface area (Å²) >= 11 is 0. The van der Waals surface area contributed by atoms with Gasteiger partial charge >= 0.3 is 0 Å². The molecule has 0 unspecified atom stereocenters. The maximum Gasteiger partial charge on any atom is 0.283 e. The molecule has 10 heteroatoms. The van der Waals surface area contributed by atoms with E-state index in [4.69, 9.17) is 10.1 Å². The fourth-order valence-corrected chi connectivity index (χ4v) is 5.34. The molecule has 0 saturated heterocycles. The Kier molecular flexibility index (Phi) is 6.25. The smallest absolute Gasteiger partial charge is 0.283 e. The highest BCUT2D eigenvalue weighted by molar-refractivity contribution is 7.90. The van der Waals surface area contributed by atoms with E-state index in [1.54, 1.807) is 12.3 Å². The Labute approximate surface area is 206 Å². The van der Waals surface area contributed by atoms with Gasteiger partial charge in [-0.2, -0.15) is 5.10 Å². The number of aromatic nitrogens is 4. The normalized spacial score (nSPS) is 17.0. The molecule has 5 rings (SSSR count). The molecule has 3 heterocycles. The van der Waals surface area contributed by atoms with Crippen LogP contribution in [0.4, 0.5) is 5.82 Å². The van der Waals surface area contributed by atoms with E-state index in [-0.39, 0.29) is 17.5 Å². The van der Waals surface area contributed by atoms with Crippen molar-refractivity contribution >= 4 is 32.8 Å². The Morgan fingerprint density at radius 2 is 1.89 bits per heavy atom. The van der Waals surface area contributed by atoms with Gasteiger partial charge in [-0.15, -0.1) is 0 Å². The second kappa shape index (κ2) is 9.22. The first kappa shape index (κ1) is 23.7. The summed E-state index contributed by atoms with van der Waals surface area (Å²) < 4.78 is 28.4. The van der Waals surface area contributed by atoms with Crippen LogP contribution in [0.15, 0.2) is 24.4 Å². The molecule has 0 spiro atoms. The van der Waals surface area contributed by atoms with Crippen molar-refractivity contribution in [1.29, 1.82) is 0 Å². The molecular formula is C25H32N6O3S. The number of fused-ring (bicyclic) bond motifs is 1. The summed E-state index contributed by atoms with van der Waals surface area (Å²) in [6, 6.07) is 5.83. The first-order valence-electron chi connectivity index (χ1n) is 12.4. The number of nitrogens with zero attached hydrogens (tertiary/aromatic N) is 5. The summed E-state index contributed by atoms with van der Waals surface area (Å²) in [5.41, 5.74) is 3.42. The molecule has 186 valence electrons. The SMILES string of the molecule is CCS(=O)(=O)NC(=O)c1cc(-c2ccc(N(C)C)nc2)c2c(C3CC3)nn(C3CCCCC3)c2n1. The van der Waals surface area contributed by atoms with Gasteiger partial charge in [0.05, 0.1) is 22.9 Å². The number of pyridine rings is 2. The van der Waals surface area contributed by atoms with Crippen molar-refractivity contribution in [2.45, 2.75) is 63.8 Å². The number of anilines is 1. The largest absolute Gasteiger partial charge is 0.363 e. The van der Waals surface area contributed by atoms with Crippen molar-refractivity contribution in [2.24, 2.45) is 0 Å². The van der Waals surface area contributed by atoms with Crippen LogP contribution in [0.25, 0.3) is 22.2 Å². The van der Waals surface area contributed by atoms with Crippen molar-refractivity contribution in [3.8, 4) is 11.1 Å². The summed E-state index contributed by atoms with van der Waals surface area (Å²) in [4.78, 5) is 24.3. The van der Waals surface area contributed by atoms with Crippen molar-refractivity contribution in [1.82, 2.24) is 24.5 Å². The van der Waals surface area contributed by atoms with Crippen LogP contribution in [0.2, 0.25) is 0 Å². The van der Waals surface area contributed by atoms with Crippen LogP contribution in [0.1, 0.15) is 80.0 Å². The average Bonchev–Trinajstić information content (AvgIpc) is 3.63. The third-order valence-corrected chi connectivity index (χ3v) is 8.21. The predicted octanol–water partition coefficient (Wildman–Crippen LogP) is 4.02. The van der Waals surface area contributed by atoms with Crippen molar-refractivity contribution in [2.75, 3.05) is 24.7 Å². The summed E-state index contributed by atoms with van der Waals surface area (Å²) in [7, 11) is 0.145. The molecule has 2 aliphatic rings. The van der Waals surface area contributed by atoms with Crippen molar-refractivity contribution in [3.05, 3.63) is 35.8 Å². The van der Waals surface area contributed by atoms with Gasteiger partial charge in [0.2, 0.25) is 10.0 Å². The molecule has 2 fully saturated rings. The molecule has 2 aliphatic carbocycles. The minimum Gasteiger partial charge on any atom is -0.363 e. The second-order valence-electron chi connectivity index (χ2n) is 9.78. The first-order valence-corrected chi connectivity index (χ1v) is 14.0. The van der Waals surface area contributed by atoms with Gasteiger partial charge in [0.15, 0.2) is 5.65 Å². The first-order chi connectivity index (χ1) is 16.8. The third-order valence-electron chi connectivity index (χ3n) is 6.95. The van der Waals surface area contributed by atoms with Crippen LogP contribution in [-0.4, -0.2) is 53.9 Å². The van der Waals surface area contributed by atoms with E-state index in [1.807, 2.05) is 35.8 Å². The molecule has 1 N–H and O–H groups in total. The zero-order valence-corrected chi connectivity index (χ0v) is 21.3. The Hall–Kier alpha value is -3.01. The number of rotatable bonds is 7. The molecular weight excluding hydrogens is 464 g/mol. The zero-order valence-electron chi connectivity index (χ0n) is 20.5. The number of hydrogen-bond acceptors (Lipinski definition) is 7. The minimum atomic E-state index is -3.72. The van der Waals surface area contributed by atoms with E-state index in [9.17, 15) is 13.2 Å². The molecule has 35 heavy (non-hydrogen) atoms. The number of hydrogen-bond donors (Lipinski definition) is 1. The van der Waals surface area contributed by atoms with Crippen LogP contribution in [0, 0.1) is 0 Å². The zero-order chi connectivity index (χ0) is 24.7. The molecule has 0 aromatic carbocycles. The monoisotopic (exact) mass is 496 g/mol. The molecule has 0 radical (unpaired) electrons. The molecule has 1 amide bonds. The van der Waals surface area contributed by atoms with E-state index < -0.39 is 15.9 Å². The highest BCUT2D eigenvalue weighted by atomic mass is 32.2. The minimum absolute atomic E-state index is 0.0699. The quantitative estimate of drug-likeness (QED) is 0.526. The molecule has 3 aromatic rings. The lowest BCUT2D eigenvalue weighted by Gasteiger charge is -2.22. The lowest BCUT2D eigenvalue weighted by atomic mass is 9.95. The summed E-state index contributed by atoms with van der Waals surface area (Å²) in [5, 5.41) is 6.02. The van der Waals surface area contributed by atoms with Gasteiger partial charge in [0.1, 0.15) is 11.5 Å². The summed E-state index contributed by atoms with van der Waals surface area (Å²) in [5.74, 6) is 0.302. The van der Waals surface area contributed by atoms with E-state index in [0.29, 0.717) is 11.6 Å². The van der Waals surface area contributed by atoms with Crippen LogP contribution in [0.3, 0.4) is 0 Å². The Morgan fingerprint density at radius 3 is 2.49 bits per heavy atom. The molecule has 9 nitrogen and oxygen atoms in total. The fourth-order valence-electron chi connectivity index (χ4n) is 4.81. The lowest BCUT2D eigenvalue weighted by Crippen LogP contribution is -2.32. The standard InChI is InChI=1S/C25H32N6O3S/c1-4-35(33,34)29-25(32)20-14-19(17-12-13-21(26-15-17)30(2)3)22-23(16-10-11-16)28-31(24(22)27-20)18-8-6-5-7-9-18/h12-16,18H,4-11H2,1-3H3,(H,29,32). The third kappa shape index (κ3) is 4.76. The maximum absolute atomic E-state index is 13.0. The van der Waals surface area contributed by atoms with Gasteiger partial charge in [0.25, 0.3) is 5.91 Å². The van der Waals surface area contributed by atoms with Gasteiger partial charge in [-0.3, -0.25) is 4.79 Å². The van der Waals surface area contributed by atoms with Gasteiger partial charge in [-0.05, 0) is 56.4 Å². The molecule has 3 aromatic heterocycles. The van der Waals surface area contributed by atoms with Crippen molar-refractivity contribution < 1.29 is 13.2 Å². The number of nitrogens with one attached hydrogen (secondary N) is 1. The predicted molar refractivity (Wildman–Crippen MR) is 136 cm³/mol. The molecule has 0 aliphatic heterocycles. The highest BCUT2D eigenvalue weighted by Crippen LogP contribution is 2.46. The summed E-state index contributed by atoms with van der Waals surface area (Å²) in [6.07, 6.45) is 9.52. The summed E-state index contributed by atoms with van der Waals surface area (Å²) in [6.45, 7) is 1.50. The van der Waals surface area contributed by atoms with E-state index in [2.05, 4.69) is 9.71 Å². The number of carbonyl (C=O) groups excluding carboxylic acids is 1. The van der Waals surface area contributed by atoms with Gasteiger partial charge in [-0.1, -0.05) is 19.3 Å². The Morgan fingerprint density at radius 1 is 1.14 bits per heavy atom. The Balaban J connectivity index is 1.72. The second-order valence-corrected chi connectivity index (χ2v) is 11.8. The average molecular weight is 497 g/mol. The number of amides is 1. The highest BCUT2D eigenvalue weighted by Gasteiger charge is 2.33. The van der Waals surface area contributed by atoms with Crippen LogP contribution in [-0.2, 0) is 10.0 Å². The van der Waals surface area contributed by atoms with E-state index in [1.165, 1.54) is 13.3 Å². The van der Waals surface area contributed by atoms with Gasteiger partial charge < -0.3 is 4.90 Å². The fraction of sp³-hybridized carbons (Fsp3) is 0.520. The Bertz CT molecular complexity index is 1350. The van der Waals surface area contributed by atoms with E-state index >= 15 is 0 Å². The van der Waals surface area contributed by atoms with Crippen LogP contribution < -0.4 is 9.62 Å². The molecule has 0 atom stereocenters. The maximum atomic E-state index is 13.0. The van der Waals surface area contributed by atoms with Crippen LogP contribution in [0.5, 0.6) is 0 Å². The number of carbonyl (C=O) groups is 1.